The molecule has 6 rings (SSSR count). The van der Waals surface area contributed by atoms with Crippen LogP contribution in [0.5, 0.6) is 17.2 Å². The zero-order valence-corrected chi connectivity index (χ0v) is 17.8. The van der Waals surface area contributed by atoms with Gasteiger partial charge in [-0.1, -0.05) is 29.8 Å². The highest BCUT2D eigenvalue weighted by Gasteiger charge is 2.43. The van der Waals surface area contributed by atoms with Crippen LogP contribution in [0.4, 0.5) is 0 Å². The standard InChI is InChI=1S/C25H16ClNO6/c26-15-5-7-18-17(10-15)23(29)21-22(14-2-1-3-16(28)9-14)27(25(30)24(21)33-18)11-13-4-6-19-20(8-13)32-12-31-19/h1-10,22,28H,11-12H2/t22-/m0/s1. The summed E-state index contributed by atoms with van der Waals surface area (Å²) in [5, 5.41) is 10.8. The largest absolute Gasteiger partial charge is 0.508 e. The fourth-order valence-electron chi connectivity index (χ4n) is 4.43. The number of hydrogen-bond donors (Lipinski definition) is 1. The predicted molar refractivity (Wildman–Crippen MR) is 120 cm³/mol. The summed E-state index contributed by atoms with van der Waals surface area (Å²) >= 11 is 6.11. The number of phenolic OH excluding ortho intramolecular Hbond substituents is 1. The molecule has 2 aliphatic rings. The van der Waals surface area contributed by atoms with Gasteiger partial charge in [-0.25, -0.2) is 0 Å². The number of ether oxygens (including phenoxy) is 2. The Morgan fingerprint density at radius 2 is 1.85 bits per heavy atom. The number of halogens is 1. The molecule has 0 aliphatic carbocycles. The van der Waals surface area contributed by atoms with Crippen molar-refractivity contribution in [3.8, 4) is 17.2 Å². The van der Waals surface area contributed by atoms with Gasteiger partial charge >= 0.3 is 0 Å². The zero-order valence-electron chi connectivity index (χ0n) is 17.1. The Bertz CT molecular complexity index is 1510. The molecule has 0 radical (unpaired) electrons. The van der Waals surface area contributed by atoms with Crippen molar-refractivity contribution in [3.63, 3.8) is 0 Å². The fraction of sp³-hybridized carbons (Fsp3) is 0.120. The van der Waals surface area contributed by atoms with Crippen LogP contribution in [0.15, 0.2) is 69.9 Å². The minimum Gasteiger partial charge on any atom is -0.508 e. The molecule has 1 aromatic heterocycles. The highest BCUT2D eigenvalue weighted by Crippen LogP contribution is 2.41. The van der Waals surface area contributed by atoms with E-state index in [4.69, 9.17) is 25.5 Å². The number of amides is 1. The van der Waals surface area contributed by atoms with Gasteiger partial charge in [0.25, 0.3) is 5.91 Å². The summed E-state index contributed by atoms with van der Waals surface area (Å²) in [7, 11) is 0. The molecule has 0 fully saturated rings. The maximum Gasteiger partial charge on any atom is 0.291 e. The lowest BCUT2D eigenvalue weighted by molar-refractivity contribution is 0.0714. The molecule has 3 heterocycles. The molecule has 3 aromatic carbocycles. The molecule has 1 amide bonds. The lowest BCUT2D eigenvalue weighted by atomic mass is 9.98. The summed E-state index contributed by atoms with van der Waals surface area (Å²) in [4.78, 5) is 28.6. The monoisotopic (exact) mass is 461 g/mol. The van der Waals surface area contributed by atoms with Crippen molar-refractivity contribution in [2.24, 2.45) is 0 Å². The van der Waals surface area contributed by atoms with Gasteiger partial charge < -0.3 is 23.9 Å². The number of aromatic hydroxyl groups is 1. The number of nitrogens with zero attached hydrogens (tertiary/aromatic N) is 1. The van der Waals surface area contributed by atoms with Gasteiger partial charge in [-0.2, -0.15) is 0 Å². The Morgan fingerprint density at radius 3 is 2.70 bits per heavy atom. The highest BCUT2D eigenvalue weighted by molar-refractivity contribution is 6.31. The van der Waals surface area contributed by atoms with E-state index in [1.807, 2.05) is 12.1 Å². The van der Waals surface area contributed by atoms with E-state index >= 15 is 0 Å². The first-order valence-electron chi connectivity index (χ1n) is 10.2. The van der Waals surface area contributed by atoms with E-state index in [9.17, 15) is 14.7 Å². The molecule has 1 atom stereocenters. The summed E-state index contributed by atoms with van der Waals surface area (Å²) in [6, 6.07) is 15.9. The van der Waals surface area contributed by atoms with Gasteiger partial charge in [-0.05, 0) is 53.6 Å². The van der Waals surface area contributed by atoms with E-state index in [-0.39, 0.29) is 41.4 Å². The first-order valence-corrected chi connectivity index (χ1v) is 10.6. The third kappa shape index (κ3) is 3.12. The van der Waals surface area contributed by atoms with Crippen LogP contribution in [0.1, 0.15) is 33.3 Å². The van der Waals surface area contributed by atoms with Crippen LogP contribution in [0.25, 0.3) is 11.0 Å². The third-order valence-corrected chi connectivity index (χ3v) is 6.14. The molecular formula is C25H16ClNO6. The second-order valence-corrected chi connectivity index (χ2v) is 8.37. The third-order valence-electron chi connectivity index (χ3n) is 5.90. The van der Waals surface area contributed by atoms with Crippen molar-refractivity contribution in [2.75, 3.05) is 6.79 Å². The maximum absolute atomic E-state index is 13.5. The van der Waals surface area contributed by atoms with Crippen LogP contribution < -0.4 is 14.9 Å². The second kappa shape index (κ2) is 7.28. The first kappa shape index (κ1) is 19.7. The van der Waals surface area contributed by atoms with Crippen molar-refractivity contribution in [2.45, 2.75) is 12.6 Å². The Balaban J connectivity index is 1.53. The molecule has 33 heavy (non-hydrogen) atoms. The van der Waals surface area contributed by atoms with E-state index in [0.717, 1.165) is 5.56 Å². The van der Waals surface area contributed by atoms with Gasteiger partial charge in [-0.3, -0.25) is 9.59 Å². The van der Waals surface area contributed by atoms with Gasteiger partial charge in [0, 0.05) is 11.6 Å². The van der Waals surface area contributed by atoms with Crippen LogP contribution in [-0.2, 0) is 6.54 Å². The van der Waals surface area contributed by atoms with Gasteiger partial charge in [-0.15, -0.1) is 0 Å². The maximum atomic E-state index is 13.5. The number of benzene rings is 3. The minimum absolute atomic E-state index is 0.0103. The molecule has 8 heteroatoms. The van der Waals surface area contributed by atoms with Crippen molar-refractivity contribution >= 4 is 28.5 Å². The molecule has 2 aliphatic heterocycles. The topological polar surface area (TPSA) is 89.2 Å². The van der Waals surface area contributed by atoms with Crippen LogP contribution in [-0.4, -0.2) is 22.7 Å². The average molecular weight is 462 g/mol. The highest BCUT2D eigenvalue weighted by atomic mass is 35.5. The zero-order chi connectivity index (χ0) is 22.7. The summed E-state index contributed by atoms with van der Waals surface area (Å²) < 4.78 is 16.8. The number of phenols is 1. The lowest BCUT2D eigenvalue weighted by Crippen LogP contribution is -2.29. The van der Waals surface area contributed by atoms with Gasteiger partial charge in [0.2, 0.25) is 12.6 Å². The number of rotatable bonds is 3. The summed E-state index contributed by atoms with van der Waals surface area (Å²) in [5.41, 5.74) is 1.57. The Morgan fingerprint density at radius 1 is 1.00 bits per heavy atom. The second-order valence-electron chi connectivity index (χ2n) is 7.93. The molecule has 7 nitrogen and oxygen atoms in total. The van der Waals surface area contributed by atoms with Gasteiger partial charge in [0.05, 0.1) is 17.0 Å². The molecule has 0 saturated carbocycles. The summed E-state index contributed by atoms with van der Waals surface area (Å²) in [5.74, 6) is 0.845. The van der Waals surface area contributed by atoms with Gasteiger partial charge in [0.1, 0.15) is 11.3 Å². The van der Waals surface area contributed by atoms with Crippen LogP contribution in [0.2, 0.25) is 5.02 Å². The van der Waals surface area contributed by atoms with Crippen molar-refractivity contribution < 1.29 is 23.8 Å². The van der Waals surface area contributed by atoms with E-state index in [1.54, 1.807) is 41.3 Å². The fourth-order valence-corrected chi connectivity index (χ4v) is 4.61. The number of hydrogen-bond acceptors (Lipinski definition) is 6. The average Bonchev–Trinajstić information content (AvgIpc) is 3.37. The number of carbonyl (C=O) groups excluding carboxylic acids is 1. The van der Waals surface area contributed by atoms with Crippen LogP contribution >= 0.6 is 11.6 Å². The Labute approximate surface area is 192 Å². The molecule has 0 bridgehead atoms. The predicted octanol–water partition coefficient (Wildman–Crippen LogP) is 4.63. The first-order chi connectivity index (χ1) is 16.0. The summed E-state index contributed by atoms with van der Waals surface area (Å²) in [6.07, 6.45) is 0. The van der Waals surface area contributed by atoms with E-state index in [1.165, 1.54) is 12.1 Å². The normalized spacial score (nSPS) is 16.5. The van der Waals surface area contributed by atoms with E-state index in [2.05, 4.69) is 0 Å². The molecule has 0 unspecified atom stereocenters. The number of carbonyl (C=O) groups is 1. The Kier molecular flexibility index (Phi) is 4.35. The summed E-state index contributed by atoms with van der Waals surface area (Å²) in [6.45, 7) is 0.336. The van der Waals surface area contributed by atoms with Crippen molar-refractivity contribution in [1.82, 2.24) is 4.90 Å². The smallest absolute Gasteiger partial charge is 0.291 e. The molecule has 164 valence electrons. The minimum atomic E-state index is -0.746. The van der Waals surface area contributed by atoms with Crippen molar-refractivity contribution in [1.29, 1.82) is 0 Å². The molecule has 0 saturated heterocycles. The molecular weight excluding hydrogens is 446 g/mol. The van der Waals surface area contributed by atoms with Crippen LogP contribution in [0, 0.1) is 0 Å². The van der Waals surface area contributed by atoms with Gasteiger partial charge in [0.15, 0.2) is 16.9 Å². The Hall–Kier alpha value is -3.97. The van der Waals surface area contributed by atoms with E-state index in [0.29, 0.717) is 27.5 Å². The van der Waals surface area contributed by atoms with Crippen molar-refractivity contribution in [3.05, 3.63) is 98.4 Å². The quantitative estimate of drug-likeness (QED) is 0.478. The lowest BCUT2D eigenvalue weighted by Gasteiger charge is -2.25. The molecule has 4 aromatic rings. The number of fused-ring (bicyclic) bond motifs is 3. The van der Waals surface area contributed by atoms with Crippen LogP contribution in [0.3, 0.4) is 0 Å². The SMILES string of the molecule is O=C1c2oc3ccc(Cl)cc3c(=O)c2[C@H](c2cccc(O)c2)N1Cc1ccc2c(c1)OCO2. The van der Waals surface area contributed by atoms with E-state index < -0.39 is 11.9 Å². The molecule has 0 spiro atoms. The molecule has 1 N–H and O–H groups in total.